The van der Waals surface area contributed by atoms with Crippen molar-refractivity contribution in [3.8, 4) is 5.75 Å². The molecule has 0 spiro atoms. The van der Waals surface area contributed by atoms with Gasteiger partial charge in [-0.2, -0.15) is 0 Å². The lowest BCUT2D eigenvalue weighted by molar-refractivity contribution is -0.104. The summed E-state index contributed by atoms with van der Waals surface area (Å²) in [6.07, 6.45) is 1.83. The summed E-state index contributed by atoms with van der Waals surface area (Å²) in [5.74, 6) is 0.743. The average molecular weight is 342 g/mol. The van der Waals surface area contributed by atoms with Crippen molar-refractivity contribution in [1.82, 2.24) is 0 Å². The van der Waals surface area contributed by atoms with Gasteiger partial charge in [0.1, 0.15) is 18.6 Å². The van der Waals surface area contributed by atoms with E-state index in [4.69, 9.17) is 14.3 Å². The minimum absolute atomic E-state index is 0.0616. The van der Waals surface area contributed by atoms with Gasteiger partial charge in [0.2, 0.25) is 0 Å². The highest BCUT2D eigenvalue weighted by Gasteiger charge is 2.09. The molecule has 1 heterocycles. The number of ether oxygens (including phenoxy) is 2. The van der Waals surface area contributed by atoms with Crippen LogP contribution in [0.4, 0.5) is 0 Å². The van der Waals surface area contributed by atoms with Gasteiger partial charge in [-0.15, -0.1) is 11.3 Å². The molecule has 0 saturated carbocycles. The Morgan fingerprint density at radius 3 is 2.50 bits per heavy atom. The molecule has 3 aromatic rings. The van der Waals surface area contributed by atoms with Crippen molar-refractivity contribution in [3.05, 3.63) is 65.3 Å². The van der Waals surface area contributed by atoms with Crippen molar-refractivity contribution in [3.63, 3.8) is 0 Å². The Labute approximate surface area is 144 Å². The molecule has 1 aromatic heterocycles. The summed E-state index contributed by atoms with van der Waals surface area (Å²) in [5.41, 5.74) is 0.0616. The first-order chi connectivity index (χ1) is 11.7. The zero-order valence-electron chi connectivity index (χ0n) is 13.4. The highest BCUT2D eigenvalue weighted by atomic mass is 32.1. The van der Waals surface area contributed by atoms with Crippen LogP contribution in [0.5, 0.6) is 5.75 Å². The number of allylic oxidation sites excluding steroid dienone is 1. The smallest absolute Gasteiger partial charge is 0.196 e. The molecule has 0 amide bonds. The molecule has 0 bridgehead atoms. The minimum Gasteiger partial charge on any atom is -0.490 e. The Hall–Kier alpha value is -2.50. The number of methoxy groups -OCH3 is 1. The largest absolute Gasteiger partial charge is 0.490 e. The van der Waals surface area contributed by atoms with Gasteiger partial charge in [0.25, 0.3) is 0 Å². The quantitative estimate of drug-likeness (QED) is 0.306. The van der Waals surface area contributed by atoms with E-state index in [0.29, 0.717) is 24.9 Å². The molecule has 124 valence electrons. The first-order valence-electron chi connectivity index (χ1n) is 7.35. The van der Waals surface area contributed by atoms with Crippen LogP contribution in [-0.4, -0.2) is 26.6 Å². The van der Waals surface area contributed by atoms with E-state index >= 15 is 0 Å². The maximum absolute atomic E-state index is 12.5. The van der Waals surface area contributed by atoms with Crippen LogP contribution in [0.2, 0.25) is 0 Å². The Morgan fingerprint density at radius 1 is 1.08 bits per heavy atom. The highest BCUT2D eigenvalue weighted by Crippen LogP contribution is 2.31. The number of hydrogen-bond donors (Lipinski definition) is 0. The highest BCUT2D eigenvalue weighted by molar-refractivity contribution is 7.24. The van der Waals surface area contributed by atoms with E-state index in [1.165, 1.54) is 6.08 Å². The Morgan fingerprint density at radius 2 is 1.79 bits per heavy atom. The second kappa shape index (κ2) is 8.96. The number of rotatable bonds is 5. The number of benzene rings is 2. The first kappa shape index (κ1) is 17.8. The Kier molecular flexibility index (Phi) is 6.66. The third kappa shape index (κ3) is 4.07. The predicted molar refractivity (Wildman–Crippen MR) is 99.2 cm³/mol. The van der Waals surface area contributed by atoms with E-state index in [2.05, 4.69) is 6.58 Å². The topological polar surface area (TPSA) is 52.6 Å². The van der Waals surface area contributed by atoms with Gasteiger partial charge in [0.05, 0.1) is 11.3 Å². The monoisotopic (exact) mass is 342 g/mol. The molecular formula is C19H18O4S. The van der Waals surface area contributed by atoms with Gasteiger partial charge in [-0.25, -0.2) is 0 Å². The molecule has 0 aliphatic carbocycles. The molecule has 4 nitrogen and oxygen atoms in total. The van der Waals surface area contributed by atoms with E-state index < -0.39 is 0 Å². The Bertz CT molecular complexity index is 893. The SMILES string of the molecule is C=CC=O.COCCOc1cccc2c(=O)c3ccccc3sc12. The third-order valence-corrected chi connectivity index (χ3v) is 4.41. The zero-order valence-corrected chi connectivity index (χ0v) is 14.2. The maximum atomic E-state index is 12.5. The lowest BCUT2D eigenvalue weighted by Crippen LogP contribution is -2.06. The molecule has 5 heteroatoms. The summed E-state index contributed by atoms with van der Waals surface area (Å²) in [4.78, 5) is 21.6. The van der Waals surface area contributed by atoms with Crippen LogP contribution >= 0.6 is 11.3 Å². The molecule has 0 fully saturated rings. The molecule has 24 heavy (non-hydrogen) atoms. The first-order valence-corrected chi connectivity index (χ1v) is 8.17. The molecule has 3 rings (SSSR count). The average Bonchev–Trinajstić information content (AvgIpc) is 2.63. The molecule has 2 aromatic carbocycles. The summed E-state index contributed by atoms with van der Waals surface area (Å²) in [5, 5.41) is 1.47. The fraction of sp³-hybridized carbons (Fsp3) is 0.158. The van der Waals surface area contributed by atoms with Crippen molar-refractivity contribution < 1.29 is 14.3 Å². The molecule has 0 saturated heterocycles. The van der Waals surface area contributed by atoms with Gasteiger partial charge in [-0.1, -0.05) is 24.8 Å². The lowest BCUT2D eigenvalue weighted by atomic mass is 10.2. The normalized spacial score (nSPS) is 10.0. The van der Waals surface area contributed by atoms with E-state index in [1.807, 2.05) is 42.5 Å². The number of aldehydes is 1. The van der Waals surface area contributed by atoms with Gasteiger partial charge in [0.15, 0.2) is 5.43 Å². The maximum Gasteiger partial charge on any atom is 0.196 e. The summed E-state index contributed by atoms with van der Waals surface area (Å²) in [7, 11) is 1.64. The van der Waals surface area contributed by atoms with Crippen LogP contribution in [0, 0.1) is 0 Å². The minimum atomic E-state index is 0.0616. The van der Waals surface area contributed by atoms with Crippen LogP contribution in [0.1, 0.15) is 0 Å². The number of carbonyl (C=O) groups excluding carboxylic acids is 1. The molecule has 0 N–H and O–H groups in total. The number of carbonyl (C=O) groups is 1. The number of fused-ring (bicyclic) bond motifs is 2. The molecule has 0 radical (unpaired) electrons. The van der Waals surface area contributed by atoms with Crippen molar-refractivity contribution in [2.24, 2.45) is 0 Å². The van der Waals surface area contributed by atoms with Crippen LogP contribution in [-0.2, 0) is 9.53 Å². The van der Waals surface area contributed by atoms with Crippen molar-refractivity contribution in [2.45, 2.75) is 0 Å². The van der Waals surface area contributed by atoms with Crippen LogP contribution < -0.4 is 10.2 Å². The van der Waals surface area contributed by atoms with Crippen molar-refractivity contribution >= 4 is 37.8 Å². The molecule has 0 unspecified atom stereocenters. The van der Waals surface area contributed by atoms with Crippen LogP contribution in [0.25, 0.3) is 20.2 Å². The second-order valence-corrected chi connectivity index (χ2v) is 5.83. The van der Waals surface area contributed by atoms with E-state index in [9.17, 15) is 4.79 Å². The molecule has 0 aliphatic heterocycles. The van der Waals surface area contributed by atoms with Crippen LogP contribution in [0.15, 0.2) is 59.9 Å². The fourth-order valence-electron chi connectivity index (χ4n) is 2.15. The van der Waals surface area contributed by atoms with Gasteiger partial charge in [-0.3, -0.25) is 9.59 Å². The van der Waals surface area contributed by atoms with E-state index in [0.717, 1.165) is 20.5 Å². The summed E-state index contributed by atoms with van der Waals surface area (Å²) in [6, 6.07) is 13.3. The number of hydrogen-bond acceptors (Lipinski definition) is 5. The van der Waals surface area contributed by atoms with Crippen molar-refractivity contribution in [1.29, 1.82) is 0 Å². The lowest BCUT2D eigenvalue weighted by Gasteiger charge is -2.08. The Balaban J connectivity index is 0.000000471. The van der Waals surface area contributed by atoms with E-state index in [-0.39, 0.29) is 5.43 Å². The summed E-state index contributed by atoms with van der Waals surface area (Å²) in [6.45, 7) is 4.11. The fourth-order valence-corrected chi connectivity index (χ4v) is 3.28. The summed E-state index contributed by atoms with van der Waals surface area (Å²) >= 11 is 1.58. The summed E-state index contributed by atoms with van der Waals surface area (Å²) < 4.78 is 12.6. The predicted octanol–water partition coefficient (Wildman–Crippen LogP) is 3.81. The van der Waals surface area contributed by atoms with Gasteiger partial charge >= 0.3 is 0 Å². The molecule has 0 atom stereocenters. The molecular weight excluding hydrogens is 324 g/mol. The second-order valence-electron chi connectivity index (χ2n) is 4.77. The van der Waals surface area contributed by atoms with Gasteiger partial charge in [-0.05, 0) is 30.3 Å². The van der Waals surface area contributed by atoms with Crippen LogP contribution in [0.3, 0.4) is 0 Å². The zero-order chi connectivity index (χ0) is 17.4. The standard InChI is InChI=1S/C16H14O3S.C3H4O/c1-18-9-10-19-13-7-4-6-12-15(17)11-5-2-3-8-14(11)20-16(12)13;1-2-3-4/h2-8H,9-10H2,1H3;2-3H,1H2. The van der Waals surface area contributed by atoms with Crippen molar-refractivity contribution in [2.75, 3.05) is 20.3 Å². The third-order valence-electron chi connectivity index (χ3n) is 3.21. The molecule has 0 aliphatic rings. The van der Waals surface area contributed by atoms with Gasteiger partial charge in [0, 0.05) is 22.6 Å². The van der Waals surface area contributed by atoms with Gasteiger partial charge < -0.3 is 9.47 Å². The van der Waals surface area contributed by atoms with E-state index in [1.54, 1.807) is 18.4 Å².